The zero-order chi connectivity index (χ0) is 17.7. The molecular formula is C21H16ClNO3. The summed E-state index contributed by atoms with van der Waals surface area (Å²) in [4.78, 5) is 18.9. The lowest BCUT2D eigenvalue weighted by Crippen LogP contribution is -2.35. The van der Waals surface area contributed by atoms with Crippen molar-refractivity contribution < 1.29 is 14.4 Å². The molecule has 26 heavy (non-hydrogen) atoms. The molecule has 2 aliphatic rings. The molecule has 0 unspecified atom stereocenters. The summed E-state index contributed by atoms with van der Waals surface area (Å²) in [5.41, 5.74) is 1.59. The zero-order valence-electron chi connectivity index (χ0n) is 13.9. The summed E-state index contributed by atoms with van der Waals surface area (Å²) in [5.74, 6) is 0.781. The fourth-order valence-electron chi connectivity index (χ4n) is 3.84. The minimum atomic E-state index is -0.159. The Morgan fingerprint density at radius 1 is 1.00 bits per heavy atom. The maximum atomic E-state index is 13.1. The van der Waals surface area contributed by atoms with Crippen molar-refractivity contribution in [3.8, 4) is 5.75 Å². The van der Waals surface area contributed by atoms with Gasteiger partial charge in [-0.15, -0.1) is 0 Å². The second-order valence-corrected chi connectivity index (χ2v) is 7.08. The van der Waals surface area contributed by atoms with Gasteiger partial charge in [0.05, 0.1) is 19.3 Å². The maximum Gasteiger partial charge on any atom is 0.278 e. The van der Waals surface area contributed by atoms with E-state index in [9.17, 15) is 4.79 Å². The summed E-state index contributed by atoms with van der Waals surface area (Å²) in [7, 11) is 0. The Bertz CT molecular complexity index is 1000. The highest BCUT2D eigenvalue weighted by Gasteiger charge is 2.45. The van der Waals surface area contributed by atoms with E-state index in [1.165, 1.54) is 5.06 Å². The zero-order valence-corrected chi connectivity index (χ0v) is 14.6. The lowest BCUT2D eigenvalue weighted by atomic mass is 9.88. The third-order valence-corrected chi connectivity index (χ3v) is 5.35. The average Bonchev–Trinajstić information content (AvgIpc) is 3.12. The molecule has 0 aliphatic carbocycles. The third kappa shape index (κ3) is 2.37. The molecule has 5 heteroatoms. The SMILES string of the molecule is O=C(c1ccc(Cl)cc1)N1OC[C@@H]2COc3ccc4ccccc4c3[C@H]21. The van der Waals surface area contributed by atoms with Gasteiger partial charge in [0.2, 0.25) is 0 Å². The molecule has 0 N–H and O–H groups in total. The van der Waals surface area contributed by atoms with E-state index < -0.39 is 0 Å². The topological polar surface area (TPSA) is 38.8 Å². The van der Waals surface area contributed by atoms with Crippen LogP contribution in [-0.2, 0) is 4.84 Å². The van der Waals surface area contributed by atoms with Gasteiger partial charge in [0.15, 0.2) is 0 Å². The Balaban J connectivity index is 1.62. The summed E-state index contributed by atoms with van der Waals surface area (Å²) >= 11 is 5.95. The van der Waals surface area contributed by atoms with Crippen LogP contribution < -0.4 is 4.74 Å². The first-order valence-electron chi connectivity index (χ1n) is 8.59. The molecule has 2 atom stereocenters. The first kappa shape index (κ1) is 15.7. The second kappa shape index (κ2) is 6.01. The quantitative estimate of drug-likeness (QED) is 0.631. The van der Waals surface area contributed by atoms with E-state index in [1.807, 2.05) is 18.2 Å². The number of amides is 1. The molecule has 2 aliphatic heterocycles. The molecule has 5 rings (SSSR count). The Morgan fingerprint density at radius 3 is 2.65 bits per heavy atom. The number of hydrogen-bond donors (Lipinski definition) is 0. The van der Waals surface area contributed by atoms with Crippen molar-refractivity contribution in [1.82, 2.24) is 5.06 Å². The van der Waals surface area contributed by atoms with Crippen LogP contribution in [0.1, 0.15) is 22.0 Å². The highest BCUT2D eigenvalue weighted by molar-refractivity contribution is 6.30. The van der Waals surface area contributed by atoms with Crippen molar-refractivity contribution in [1.29, 1.82) is 0 Å². The normalized spacial score (nSPS) is 21.2. The number of benzene rings is 3. The van der Waals surface area contributed by atoms with Gasteiger partial charge in [0.25, 0.3) is 5.91 Å². The number of hydrogen-bond acceptors (Lipinski definition) is 3. The molecule has 0 saturated carbocycles. The van der Waals surface area contributed by atoms with Crippen LogP contribution in [0.5, 0.6) is 5.75 Å². The van der Waals surface area contributed by atoms with Gasteiger partial charge in [-0.1, -0.05) is 41.9 Å². The summed E-state index contributed by atoms with van der Waals surface area (Å²) < 4.78 is 5.96. The maximum absolute atomic E-state index is 13.1. The number of hydroxylamine groups is 2. The van der Waals surface area contributed by atoms with Crippen LogP contribution in [0.4, 0.5) is 0 Å². The fraction of sp³-hybridized carbons (Fsp3) is 0.190. The van der Waals surface area contributed by atoms with Gasteiger partial charge >= 0.3 is 0 Å². The van der Waals surface area contributed by atoms with Crippen molar-refractivity contribution in [2.24, 2.45) is 5.92 Å². The monoisotopic (exact) mass is 365 g/mol. The molecule has 3 aromatic carbocycles. The van der Waals surface area contributed by atoms with Crippen LogP contribution in [-0.4, -0.2) is 24.2 Å². The van der Waals surface area contributed by atoms with E-state index in [0.29, 0.717) is 23.8 Å². The average molecular weight is 366 g/mol. The molecule has 1 saturated heterocycles. The molecule has 0 aromatic heterocycles. The Labute approximate surface area is 155 Å². The van der Waals surface area contributed by atoms with E-state index in [1.54, 1.807) is 24.3 Å². The van der Waals surface area contributed by atoms with Crippen LogP contribution in [0.2, 0.25) is 5.02 Å². The smallest absolute Gasteiger partial charge is 0.278 e. The number of halogens is 1. The number of fused-ring (bicyclic) bond motifs is 5. The summed E-state index contributed by atoms with van der Waals surface area (Å²) in [6.45, 7) is 1.01. The number of ether oxygens (including phenoxy) is 1. The summed E-state index contributed by atoms with van der Waals surface area (Å²) in [5, 5.41) is 4.34. The minimum absolute atomic E-state index is 0.115. The fourth-order valence-corrected chi connectivity index (χ4v) is 3.97. The third-order valence-electron chi connectivity index (χ3n) is 5.10. The molecule has 2 heterocycles. The molecule has 3 aromatic rings. The van der Waals surface area contributed by atoms with Crippen molar-refractivity contribution >= 4 is 28.3 Å². The van der Waals surface area contributed by atoms with E-state index in [2.05, 4.69) is 18.2 Å². The number of carbonyl (C=O) groups excluding carboxylic acids is 1. The summed E-state index contributed by atoms with van der Waals surface area (Å²) in [6, 6.07) is 18.9. The molecule has 0 spiro atoms. The molecule has 4 nitrogen and oxygen atoms in total. The van der Waals surface area contributed by atoms with E-state index >= 15 is 0 Å². The van der Waals surface area contributed by atoms with Crippen LogP contribution in [0.15, 0.2) is 60.7 Å². The molecule has 0 bridgehead atoms. The van der Waals surface area contributed by atoms with Gasteiger partial charge in [-0.25, -0.2) is 5.06 Å². The highest BCUT2D eigenvalue weighted by atomic mass is 35.5. The number of carbonyl (C=O) groups is 1. The van der Waals surface area contributed by atoms with Gasteiger partial charge in [0.1, 0.15) is 5.75 Å². The first-order valence-corrected chi connectivity index (χ1v) is 8.96. The van der Waals surface area contributed by atoms with Crippen LogP contribution in [0.3, 0.4) is 0 Å². The van der Waals surface area contributed by atoms with Gasteiger partial charge in [-0.05, 0) is 41.1 Å². The second-order valence-electron chi connectivity index (χ2n) is 6.65. The van der Waals surface area contributed by atoms with E-state index in [0.717, 1.165) is 22.1 Å². The van der Waals surface area contributed by atoms with Crippen LogP contribution >= 0.6 is 11.6 Å². The molecular weight excluding hydrogens is 350 g/mol. The summed E-state index contributed by atoms with van der Waals surface area (Å²) in [6.07, 6.45) is 0. The molecule has 0 radical (unpaired) electrons. The van der Waals surface area contributed by atoms with Gasteiger partial charge in [-0.3, -0.25) is 9.63 Å². The lowest BCUT2D eigenvalue weighted by molar-refractivity contribution is -0.0965. The standard InChI is InChI=1S/C21H16ClNO3/c22-16-8-5-14(6-9-16)21(24)23-20-15(12-26-23)11-25-18-10-7-13-3-1-2-4-17(13)19(18)20/h1-10,15,20H,11-12H2/t15-,20-/m0/s1. The van der Waals surface area contributed by atoms with Gasteiger partial charge in [-0.2, -0.15) is 0 Å². The largest absolute Gasteiger partial charge is 0.493 e. The Kier molecular flexibility index (Phi) is 3.62. The Hall–Kier alpha value is -2.56. The van der Waals surface area contributed by atoms with Gasteiger partial charge < -0.3 is 4.74 Å². The van der Waals surface area contributed by atoms with Gasteiger partial charge in [0, 0.05) is 22.1 Å². The van der Waals surface area contributed by atoms with Crippen LogP contribution in [0.25, 0.3) is 10.8 Å². The predicted molar refractivity (Wildman–Crippen MR) is 99.2 cm³/mol. The molecule has 1 amide bonds. The molecule has 1 fully saturated rings. The van der Waals surface area contributed by atoms with Crippen molar-refractivity contribution in [3.05, 3.63) is 76.8 Å². The predicted octanol–water partition coefficient (Wildman–Crippen LogP) is 4.63. The van der Waals surface area contributed by atoms with Crippen molar-refractivity contribution in [3.63, 3.8) is 0 Å². The number of rotatable bonds is 1. The lowest BCUT2D eigenvalue weighted by Gasteiger charge is -2.32. The van der Waals surface area contributed by atoms with Crippen molar-refractivity contribution in [2.45, 2.75) is 6.04 Å². The van der Waals surface area contributed by atoms with Crippen molar-refractivity contribution in [2.75, 3.05) is 13.2 Å². The Morgan fingerprint density at radius 2 is 1.81 bits per heavy atom. The highest BCUT2D eigenvalue weighted by Crippen LogP contribution is 2.47. The first-order chi connectivity index (χ1) is 12.7. The number of nitrogens with zero attached hydrogens (tertiary/aromatic N) is 1. The minimum Gasteiger partial charge on any atom is -0.493 e. The van der Waals surface area contributed by atoms with E-state index in [4.69, 9.17) is 21.2 Å². The van der Waals surface area contributed by atoms with Crippen LogP contribution in [0, 0.1) is 5.92 Å². The molecule has 130 valence electrons. The van der Waals surface area contributed by atoms with E-state index in [-0.39, 0.29) is 17.9 Å².